The Labute approximate surface area is 83.0 Å². The van der Waals surface area contributed by atoms with Crippen LogP contribution in [0.25, 0.3) is 21.8 Å². The van der Waals surface area contributed by atoms with Gasteiger partial charge in [-0.2, -0.15) is 4.98 Å². The summed E-state index contributed by atoms with van der Waals surface area (Å²) in [4.78, 5) is 6.28. The summed E-state index contributed by atoms with van der Waals surface area (Å²) in [6.07, 6.45) is 1.07. The Morgan fingerprint density at radius 2 is 2.33 bits per heavy atom. The highest BCUT2D eigenvalue weighted by molar-refractivity contribution is 5.70. The normalized spacial score (nSPS) is 9.67. The van der Waals surface area contributed by atoms with E-state index in [2.05, 4.69) is 24.7 Å². The summed E-state index contributed by atoms with van der Waals surface area (Å²) in [5.74, 6) is -0.517. The van der Waals surface area contributed by atoms with Gasteiger partial charge in [-0.25, -0.2) is 4.39 Å². The maximum Gasteiger partial charge on any atom is 0.214 e. The third-order valence-corrected chi connectivity index (χ3v) is 1.73. The van der Waals surface area contributed by atoms with Crippen LogP contribution in [0.5, 0.6) is 0 Å². The standard InChI is InChI=1S/C8H4FN5O/c9-5-2-1-3-6(12-14-10)7(5)8-11-4-15-13-8/h1-4H. The fourth-order valence-corrected chi connectivity index (χ4v) is 1.15. The maximum atomic E-state index is 13.4. The van der Waals surface area contributed by atoms with Crippen LogP contribution in [0.15, 0.2) is 34.2 Å². The monoisotopic (exact) mass is 205 g/mol. The Balaban J connectivity index is 2.68. The van der Waals surface area contributed by atoms with E-state index in [0.29, 0.717) is 0 Å². The van der Waals surface area contributed by atoms with Gasteiger partial charge in [-0.15, -0.1) is 0 Å². The summed E-state index contributed by atoms with van der Waals surface area (Å²) < 4.78 is 17.9. The van der Waals surface area contributed by atoms with Crippen molar-refractivity contribution >= 4 is 5.69 Å². The number of azide groups is 1. The molecule has 2 aromatic rings. The van der Waals surface area contributed by atoms with E-state index in [1.807, 2.05) is 0 Å². The van der Waals surface area contributed by atoms with Crippen molar-refractivity contribution in [3.05, 3.63) is 40.9 Å². The number of nitrogens with zero attached hydrogens (tertiary/aromatic N) is 5. The van der Waals surface area contributed by atoms with Gasteiger partial charge in [-0.1, -0.05) is 22.4 Å². The number of hydrogen-bond acceptors (Lipinski definition) is 4. The van der Waals surface area contributed by atoms with Gasteiger partial charge in [0.15, 0.2) is 0 Å². The highest BCUT2D eigenvalue weighted by Crippen LogP contribution is 2.30. The van der Waals surface area contributed by atoms with Crippen LogP contribution in [0, 0.1) is 5.82 Å². The first kappa shape index (κ1) is 9.17. The SMILES string of the molecule is [N-]=[N+]=Nc1cccc(F)c1-c1ncon1. The van der Waals surface area contributed by atoms with E-state index in [1.165, 1.54) is 18.2 Å². The van der Waals surface area contributed by atoms with Gasteiger partial charge in [0.25, 0.3) is 0 Å². The molecule has 0 aliphatic carbocycles. The molecule has 1 aromatic carbocycles. The second-order valence-electron chi connectivity index (χ2n) is 2.58. The molecule has 0 unspecified atom stereocenters. The Hall–Kier alpha value is -2.40. The number of rotatable bonds is 2. The molecule has 15 heavy (non-hydrogen) atoms. The van der Waals surface area contributed by atoms with Crippen LogP contribution in [0.4, 0.5) is 10.1 Å². The van der Waals surface area contributed by atoms with Crippen LogP contribution in [0.2, 0.25) is 0 Å². The fraction of sp³-hybridized carbons (Fsp3) is 0. The van der Waals surface area contributed by atoms with Crippen molar-refractivity contribution in [1.29, 1.82) is 0 Å². The van der Waals surface area contributed by atoms with E-state index >= 15 is 0 Å². The van der Waals surface area contributed by atoms with Gasteiger partial charge < -0.3 is 4.52 Å². The Kier molecular flexibility index (Phi) is 2.30. The average molecular weight is 205 g/mol. The molecule has 0 aliphatic heterocycles. The topological polar surface area (TPSA) is 87.7 Å². The minimum Gasteiger partial charge on any atom is -0.342 e. The zero-order chi connectivity index (χ0) is 10.7. The summed E-state index contributed by atoms with van der Waals surface area (Å²) >= 11 is 0. The molecular formula is C8H4FN5O. The molecule has 0 fully saturated rings. The Bertz CT molecular complexity index is 518. The maximum absolute atomic E-state index is 13.4. The third kappa shape index (κ3) is 1.63. The van der Waals surface area contributed by atoms with Gasteiger partial charge in [0.2, 0.25) is 12.2 Å². The highest BCUT2D eigenvalue weighted by Gasteiger charge is 2.13. The minimum atomic E-state index is -0.568. The summed E-state index contributed by atoms with van der Waals surface area (Å²) in [6, 6.07) is 4.12. The van der Waals surface area contributed by atoms with Crippen LogP contribution in [-0.2, 0) is 0 Å². The molecule has 0 N–H and O–H groups in total. The van der Waals surface area contributed by atoms with Crippen LogP contribution < -0.4 is 0 Å². The predicted octanol–water partition coefficient (Wildman–Crippen LogP) is 2.82. The van der Waals surface area contributed by atoms with Crippen molar-refractivity contribution in [1.82, 2.24) is 10.1 Å². The Morgan fingerprint density at radius 1 is 1.47 bits per heavy atom. The first-order valence-electron chi connectivity index (χ1n) is 3.93. The van der Waals surface area contributed by atoms with Crippen LogP contribution >= 0.6 is 0 Å². The second-order valence-corrected chi connectivity index (χ2v) is 2.58. The lowest BCUT2D eigenvalue weighted by Crippen LogP contribution is -1.86. The largest absolute Gasteiger partial charge is 0.342 e. The fourth-order valence-electron chi connectivity index (χ4n) is 1.15. The van der Waals surface area contributed by atoms with Crippen LogP contribution in [-0.4, -0.2) is 10.1 Å². The van der Waals surface area contributed by atoms with Gasteiger partial charge >= 0.3 is 0 Å². The van der Waals surface area contributed by atoms with Gasteiger partial charge in [0.1, 0.15) is 5.82 Å². The lowest BCUT2D eigenvalue weighted by Gasteiger charge is -2.00. The smallest absolute Gasteiger partial charge is 0.214 e. The van der Waals surface area contributed by atoms with Crippen molar-refractivity contribution in [2.45, 2.75) is 0 Å². The van der Waals surface area contributed by atoms with E-state index in [0.717, 1.165) is 6.39 Å². The van der Waals surface area contributed by atoms with Crippen molar-refractivity contribution in [3.8, 4) is 11.4 Å². The Morgan fingerprint density at radius 3 is 3.00 bits per heavy atom. The van der Waals surface area contributed by atoms with E-state index in [-0.39, 0.29) is 17.1 Å². The molecule has 0 spiro atoms. The van der Waals surface area contributed by atoms with Gasteiger partial charge in [-0.05, 0) is 11.6 Å². The molecule has 0 amide bonds. The molecular weight excluding hydrogens is 201 g/mol. The molecule has 0 radical (unpaired) electrons. The second kappa shape index (κ2) is 3.77. The predicted molar refractivity (Wildman–Crippen MR) is 48.5 cm³/mol. The molecule has 0 saturated carbocycles. The average Bonchev–Trinajstić information content (AvgIpc) is 2.71. The zero-order valence-corrected chi connectivity index (χ0v) is 7.33. The molecule has 74 valence electrons. The lowest BCUT2D eigenvalue weighted by molar-refractivity contribution is 0.418. The molecule has 6 nitrogen and oxygen atoms in total. The molecule has 0 saturated heterocycles. The third-order valence-electron chi connectivity index (χ3n) is 1.73. The van der Waals surface area contributed by atoms with Crippen molar-refractivity contribution in [2.75, 3.05) is 0 Å². The van der Waals surface area contributed by atoms with E-state index in [1.54, 1.807) is 0 Å². The van der Waals surface area contributed by atoms with E-state index < -0.39 is 5.82 Å². The molecule has 0 atom stereocenters. The molecule has 1 aromatic heterocycles. The van der Waals surface area contributed by atoms with Crippen LogP contribution in [0.1, 0.15) is 0 Å². The summed E-state index contributed by atoms with van der Waals surface area (Å²) in [6.45, 7) is 0. The minimum absolute atomic E-state index is 0.0315. The first-order chi connectivity index (χ1) is 7.33. The summed E-state index contributed by atoms with van der Waals surface area (Å²) in [7, 11) is 0. The first-order valence-corrected chi connectivity index (χ1v) is 3.93. The molecule has 1 heterocycles. The highest BCUT2D eigenvalue weighted by atomic mass is 19.1. The number of hydrogen-bond donors (Lipinski definition) is 0. The summed E-state index contributed by atoms with van der Waals surface area (Å²) in [5, 5.41) is 6.82. The van der Waals surface area contributed by atoms with Gasteiger partial charge in [0.05, 0.1) is 11.3 Å². The van der Waals surface area contributed by atoms with Gasteiger partial charge in [-0.3, -0.25) is 0 Å². The van der Waals surface area contributed by atoms with E-state index in [9.17, 15) is 4.39 Å². The lowest BCUT2D eigenvalue weighted by atomic mass is 10.1. The zero-order valence-electron chi connectivity index (χ0n) is 7.33. The van der Waals surface area contributed by atoms with Crippen LogP contribution in [0.3, 0.4) is 0 Å². The molecule has 0 bridgehead atoms. The molecule has 0 aliphatic rings. The number of aromatic nitrogens is 2. The van der Waals surface area contributed by atoms with Crippen molar-refractivity contribution in [2.24, 2.45) is 5.11 Å². The van der Waals surface area contributed by atoms with Crippen molar-refractivity contribution in [3.63, 3.8) is 0 Å². The number of halogens is 1. The van der Waals surface area contributed by atoms with Crippen molar-refractivity contribution < 1.29 is 8.91 Å². The number of benzene rings is 1. The van der Waals surface area contributed by atoms with Gasteiger partial charge in [0, 0.05) is 4.91 Å². The van der Waals surface area contributed by atoms with E-state index in [4.69, 9.17) is 5.53 Å². The summed E-state index contributed by atoms with van der Waals surface area (Å²) in [5.41, 5.74) is 8.46. The molecule has 7 heteroatoms. The molecule has 2 rings (SSSR count). The quantitative estimate of drug-likeness (QED) is 0.429.